The molecule has 0 spiro atoms. The van der Waals surface area contributed by atoms with Crippen LogP contribution >= 0.6 is 0 Å². The van der Waals surface area contributed by atoms with Gasteiger partial charge >= 0.3 is 6.01 Å². The molecule has 0 aliphatic carbocycles. The molecule has 0 fully saturated rings. The molecule has 0 atom stereocenters. The van der Waals surface area contributed by atoms with Crippen molar-refractivity contribution in [3.63, 3.8) is 0 Å². The summed E-state index contributed by atoms with van der Waals surface area (Å²) in [7, 11) is 3.12. The molecule has 0 aliphatic heterocycles. The van der Waals surface area contributed by atoms with E-state index in [0.717, 1.165) is 6.42 Å². The number of hydrazine groups is 1. The lowest BCUT2D eigenvalue weighted by molar-refractivity contribution is 0.0705. The minimum Gasteiger partial charge on any atom is -0.467 e. The van der Waals surface area contributed by atoms with Gasteiger partial charge in [0.1, 0.15) is 0 Å². The fraction of sp³-hybridized carbons (Fsp3) is 0.700. The molecule has 4 N–H and O–H groups in total. The number of hydrogen-bond donors (Lipinski definition) is 3. The van der Waals surface area contributed by atoms with Gasteiger partial charge in [0.05, 0.1) is 20.3 Å². The average Bonchev–Trinajstić information content (AvgIpc) is 2.45. The van der Waals surface area contributed by atoms with Gasteiger partial charge in [-0.05, 0) is 6.42 Å². The van der Waals surface area contributed by atoms with Crippen LogP contribution in [0.25, 0.3) is 0 Å². The molecule has 1 rings (SSSR count). The number of nitrogens with one attached hydrogen (secondary N) is 2. The Bertz CT molecular complexity index is 343. The second-order valence-corrected chi connectivity index (χ2v) is 3.50. The van der Waals surface area contributed by atoms with E-state index < -0.39 is 0 Å². The van der Waals surface area contributed by atoms with Gasteiger partial charge in [-0.1, -0.05) is 0 Å². The molecule has 0 amide bonds. The van der Waals surface area contributed by atoms with Crippen LogP contribution in [0.4, 0.5) is 11.9 Å². The van der Waals surface area contributed by atoms with Crippen molar-refractivity contribution in [2.75, 3.05) is 51.3 Å². The van der Waals surface area contributed by atoms with E-state index in [9.17, 15) is 0 Å². The van der Waals surface area contributed by atoms with E-state index in [1.54, 1.807) is 7.11 Å². The lowest BCUT2D eigenvalue weighted by Gasteiger charge is -2.08. The second kappa shape index (κ2) is 9.25. The third-order valence-electron chi connectivity index (χ3n) is 2.11. The first-order chi connectivity index (χ1) is 9.30. The van der Waals surface area contributed by atoms with E-state index in [0.29, 0.717) is 32.3 Å². The Morgan fingerprint density at radius 1 is 1.05 bits per heavy atom. The van der Waals surface area contributed by atoms with Crippen LogP contribution in [0.2, 0.25) is 0 Å². The number of hydrogen-bond acceptors (Lipinski definition) is 9. The Labute approximate surface area is 111 Å². The predicted molar refractivity (Wildman–Crippen MR) is 70.0 cm³/mol. The summed E-state index contributed by atoms with van der Waals surface area (Å²) < 4.78 is 15.1. The van der Waals surface area contributed by atoms with Crippen LogP contribution < -0.4 is 21.3 Å². The van der Waals surface area contributed by atoms with Crippen LogP contribution in [0.5, 0.6) is 6.01 Å². The lowest BCUT2D eigenvalue weighted by Crippen LogP contribution is -2.15. The molecule has 0 saturated carbocycles. The van der Waals surface area contributed by atoms with Crippen LogP contribution in [-0.2, 0) is 9.47 Å². The summed E-state index contributed by atoms with van der Waals surface area (Å²) in [6.07, 6.45) is 0.823. The number of nitrogens with zero attached hydrogens (tertiary/aromatic N) is 3. The zero-order valence-corrected chi connectivity index (χ0v) is 11.2. The highest BCUT2D eigenvalue weighted by molar-refractivity contribution is 5.34. The van der Waals surface area contributed by atoms with Crippen molar-refractivity contribution < 1.29 is 14.2 Å². The highest BCUT2D eigenvalue weighted by atomic mass is 16.5. The molecule has 0 aromatic carbocycles. The number of ether oxygens (including phenoxy) is 3. The Hall–Kier alpha value is -1.71. The molecule has 1 aromatic rings. The summed E-state index contributed by atoms with van der Waals surface area (Å²) in [5.74, 6) is 5.89. The molecular weight excluding hydrogens is 252 g/mol. The van der Waals surface area contributed by atoms with Gasteiger partial charge in [0.2, 0.25) is 11.9 Å². The monoisotopic (exact) mass is 272 g/mol. The van der Waals surface area contributed by atoms with Gasteiger partial charge in [0, 0.05) is 20.3 Å². The summed E-state index contributed by atoms with van der Waals surface area (Å²) >= 11 is 0. The molecule has 9 nitrogen and oxygen atoms in total. The van der Waals surface area contributed by atoms with Crippen LogP contribution in [-0.4, -0.2) is 55.5 Å². The Balaban J connectivity index is 2.28. The van der Waals surface area contributed by atoms with Gasteiger partial charge in [-0.15, -0.1) is 0 Å². The fourth-order valence-corrected chi connectivity index (χ4v) is 1.21. The Morgan fingerprint density at radius 2 is 1.84 bits per heavy atom. The molecular formula is C10H20N6O3. The molecule has 0 unspecified atom stereocenters. The molecule has 1 heterocycles. The van der Waals surface area contributed by atoms with Crippen LogP contribution in [0.3, 0.4) is 0 Å². The highest BCUT2D eigenvalue weighted by Crippen LogP contribution is 2.09. The minimum atomic E-state index is 0.196. The number of aromatic nitrogens is 3. The zero-order valence-electron chi connectivity index (χ0n) is 11.2. The predicted octanol–water partition coefficient (Wildman–Crippen LogP) is -0.369. The number of rotatable bonds is 10. The average molecular weight is 272 g/mol. The number of nitrogens with two attached hydrogens (primary N) is 1. The third-order valence-corrected chi connectivity index (χ3v) is 2.11. The minimum absolute atomic E-state index is 0.196. The molecule has 0 radical (unpaired) electrons. The highest BCUT2D eigenvalue weighted by Gasteiger charge is 2.04. The van der Waals surface area contributed by atoms with Crippen molar-refractivity contribution in [3.05, 3.63) is 0 Å². The van der Waals surface area contributed by atoms with E-state index >= 15 is 0 Å². The van der Waals surface area contributed by atoms with Gasteiger partial charge in [-0.25, -0.2) is 5.84 Å². The maximum atomic E-state index is 5.33. The Kier molecular flexibility index (Phi) is 7.47. The second-order valence-electron chi connectivity index (χ2n) is 3.50. The summed E-state index contributed by atoms with van der Waals surface area (Å²) in [6.45, 7) is 2.51. The Morgan fingerprint density at radius 3 is 2.53 bits per heavy atom. The van der Waals surface area contributed by atoms with Crippen molar-refractivity contribution in [2.24, 2.45) is 5.84 Å². The van der Waals surface area contributed by atoms with Gasteiger partial charge in [0.25, 0.3) is 0 Å². The van der Waals surface area contributed by atoms with E-state index in [4.69, 9.17) is 20.1 Å². The maximum absolute atomic E-state index is 5.33. The van der Waals surface area contributed by atoms with Crippen molar-refractivity contribution in [1.29, 1.82) is 0 Å². The molecule has 1 aromatic heterocycles. The summed E-state index contributed by atoms with van der Waals surface area (Å²) in [5, 5.41) is 3.04. The van der Waals surface area contributed by atoms with Crippen molar-refractivity contribution in [2.45, 2.75) is 6.42 Å². The van der Waals surface area contributed by atoms with Gasteiger partial charge < -0.3 is 19.5 Å². The molecule has 0 saturated heterocycles. The summed E-state index contributed by atoms with van der Waals surface area (Å²) in [5.41, 5.74) is 2.35. The van der Waals surface area contributed by atoms with Gasteiger partial charge in [-0.3, -0.25) is 5.43 Å². The first-order valence-corrected chi connectivity index (χ1v) is 5.87. The third kappa shape index (κ3) is 6.13. The maximum Gasteiger partial charge on any atom is 0.322 e. The lowest BCUT2D eigenvalue weighted by atomic mass is 10.4. The van der Waals surface area contributed by atoms with Crippen LogP contribution in [0, 0.1) is 0 Å². The van der Waals surface area contributed by atoms with E-state index in [1.807, 2.05) is 0 Å². The molecule has 19 heavy (non-hydrogen) atoms. The van der Waals surface area contributed by atoms with Crippen molar-refractivity contribution in [1.82, 2.24) is 15.0 Å². The molecule has 9 heteroatoms. The number of methoxy groups -OCH3 is 2. The summed E-state index contributed by atoms with van der Waals surface area (Å²) in [6, 6.07) is 0.196. The first-order valence-electron chi connectivity index (χ1n) is 5.87. The van der Waals surface area contributed by atoms with Crippen molar-refractivity contribution in [3.8, 4) is 6.01 Å². The zero-order chi connectivity index (χ0) is 13.9. The SMILES string of the molecule is COCCOCCCNc1nc(NN)nc(OC)n1. The summed E-state index contributed by atoms with van der Waals surface area (Å²) in [4.78, 5) is 12.0. The van der Waals surface area contributed by atoms with Crippen LogP contribution in [0.15, 0.2) is 0 Å². The largest absolute Gasteiger partial charge is 0.467 e. The standard InChI is InChI=1S/C10H20N6O3/c1-17-6-7-19-5-3-4-12-8-13-9(16-11)15-10(14-8)18-2/h3-7,11H2,1-2H3,(H2,12,13,14,15,16). The number of nitrogen functional groups attached to an aromatic ring is 1. The quantitative estimate of drug-likeness (QED) is 0.298. The van der Waals surface area contributed by atoms with Gasteiger partial charge in [0.15, 0.2) is 0 Å². The van der Waals surface area contributed by atoms with Gasteiger partial charge in [-0.2, -0.15) is 15.0 Å². The van der Waals surface area contributed by atoms with E-state index in [1.165, 1.54) is 7.11 Å². The normalized spacial score (nSPS) is 10.3. The smallest absolute Gasteiger partial charge is 0.322 e. The first kappa shape index (κ1) is 15.3. The molecule has 0 bridgehead atoms. The molecule has 0 aliphatic rings. The van der Waals surface area contributed by atoms with E-state index in [2.05, 4.69) is 25.7 Å². The van der Waals surface area contributed by atoms with Crippen molar-refractivity contribution >= 4 is 11.9 Å². The topological polar surface area (TPSA) is 116 Å². The fourth-order valence-electron chi connectivity index (χ4n) is 1.21. The molecule has 108 valence electrons. The number of anilines is 2. The van der Waals surface area contributed by atoms with Crippen LogP contribution in [0.1, 0.15) is 6.42 Å². The van der Waals surface area contributed by atoms with E-state index in [-0.39, 0.29) is 12.0 Å².